The average Bonchev–Trinajstić information content (AvgIpc) is 2.93. The van der Waals surface area contributed by atoms with E-state index in [1.165, 1.54) is 0 Å². The van der Waals surface area contributed by atoms with Gasteiger partial charge in [0.1, 0.15) is 5.41 Å². The zero-order valence-electron chi connectivity index (χ0n) is 14.2. The molecule has 1 aliphatic rings. The fourth-order valence-corrected chi connectivity index (χ4v) is 3.05. The van der Waals surface area contributed by atoms with Crippen LogP contribution in [-0.2, 0) is 10.2 Å². The number of aromatic carboxylic acids is 1. The smallest absolute Gasteiger partial charge is 0.402 e. The van der Waals surface area contributed by atoms with Crippen molar-refractivity contribution in [1.82, 2.24) is 0 Å². The van der Waals surface area contributed by atoms with Gasteiger partial charge in [0.15, 0.2) is 6.29 Å². The number of fused-ring (bicyclic) bond motifs is 1. The van der Waals surface area contributed by atoms with E-state index in [0.717, 1.165) is 43.3 Å². The summed E-state index contributed by atoms with van der Waals surface area (Å²) in [6, 6.07) is 5.75. The van der Waals surface area contributed by atoms with Crippen LogP contribution in [0.3, 0.4) is 0 Å². The van der Waals surface area contributed by atoms with Gasteiger partial charge in [0.25, 0.3) is 0 Å². The van der Waals surface area contributed by atoms with Gasteiger partial charge in [-0.1, -0.05) is 18.2 Å². The summed E-state index contributed by atoms with van der Waals surface area (Å²) in [5.74, 6) is -3.57. The van der Waals surface area contributed by atoms with Gasteiger partial charge in [0.2, 0.25) is 0 Å². The Labute approximate surface area is 155 Å². The van der Waals surface area contributed by atoms with Crippen molar-refractivity contribution < 1.29 is 42.2 Å². The molecule has 0 bridgehead atoms. The predicted octanol–water partition coefficient (Wildman–Crippen LogP) is 3.38. The van der Waals surface area contributed by atoms with E-state index in [4.69, 9.17) is 0 Å². The van der Waals surface area contributed by atoms with E-state index in [1.54, 1.807) is 0 Å². The van der Waals surface area contributed by atoms with Crippen LogP contribution in [0.15, 0.2) is 36.4 Å². The minimum Gasteiger partial charge on any atom is -0.478 e. The number of alkyl halides is 3. The molecule has 0 amide bonds. The largest absolute Gasteiger partial charge is 0.478 e. The van der Waals surface area contributed by atoms with E-state index in [1.807, 2.05) is 0 Å². The number of halogens is 3. The lowest BCUT2D eigenvalue weighted by atomic mass is 9.74. The van der Waals surface area contributed by atoms with Crippen LogP contribution in [0, 0.1) is 0 Å². The lowest BCUT2D eigenvalue weighted by Gasteiger charge is -2.33. The van der Waals surface area contributed by atoms with Gasteiger partial charge in [0, 0.05) is 5.56 Å². The van der Waals surface area contributed by atoms with Gasteiger partial charge in [-0.05, 0) is 36.2 Å². The number of carbonyl (C=O) groups is 4. The molecular formula is C19H11F3O6. The number of esters is 2. The molecule has 0 aliphatic carbocycles. The molecule has 1 heterocycles. The quantitative estimate of drug-likeness (QED) is 0.487. The van der Waals surface area contributed by atoms with Gasteiger partial charge in [-0.15, -0.1) is 0 Å². The van der Waals surface area contributed by atoms with Crippen LogP contribution in [0.5, 0.6) is 0 Å². The molecule has 0 spiro atoms. The molecule has 144 valence electrons. The molecule has 0 fully saturated rings. The fourth-order valence-electron chi connectivity index (χ4n) is 3.05. The summed E-state index contributed by atoms with van der Waals surface area (Å²) in [5.41, 5.74) is -4.87. The predicted molar refractivity (Wildman–Crippen MR) is 87.5 cm³/mol. The van der Waals surface area contributed by atoms with Crippen molar-refractivity contribution in [3.05, 3.63) is 69.8 Å². The van der Waals surface area contributed by atoms with Crippen LogP contribution >= 0.6 is 0 Å². The molecule has 28 heavy (non-hydrogen) atoms. The summed E-state index contributed by atoms with van der Waals surface area (Å²) >= 11 is 0. The first-order chi connectivity index (χ1) is 13.0. The van der Waals surface area contributed by atoms with Crippen LogP contribution in [0.4, 0.5) is 13.2 Å². The molecule has 3 rings (SSSR count). The zero-order chi connectivity index (χ0) is 20.9. The first kappa shape index (κ1) is 19.3. The van der Waals surface area contributed by atoms with Gasteiger partial charge < -0.3 is 9.84 Å². The minimum atomic E-state index is -4.90. The standard InChI is InChI=1S/C19H11F3O6/c1-18(19(20,21)22,10-3-2-9(8-23)13(6-10)15(24)25)11-4-5-12-14(7-11)17(27)28-16(12)26/h2-8H,1H3,(H,24,25). The number of hydrogen-bond donors (Lipinski definition) is 1. The number of ether oxygens (including phenoxy) is 1. The van der Waals surface area contributed by atoms with E-state index < -0.39 is 40.6 Å². The molecule has 1 atom stereocenters. The van der Waals surface area contributed by atoms with Crippen LogP contribution in [0.2, 0.25) is 0 Å². The summed E-state index contributed by atoms with van der Waals surface area (Å²) in [7, 11) is 0. The molecular weight excluding hydrogens is 381 g/mol. The highest BCUT2D eigenvalue weighted by molar-refractivity contribution is 6.14. The summed E-state index contributed by atoms with van der Waals surface area (Å²) < 4.78 is 46.7. The number of carbonyl (C=O) groups excluding carboxylic acids is 3. The lowest BCUT2D eigenvalue weighted by molar-refractivity contribution is -0.173. The average molecular weight is 392 g/mol. The van der Waals surface area contributed by atoms with Gasteiger partial charge >= 0.3 is 24.1 Å². The van der Waals surface area contributed by atoms with E-state index in [2.05, 4.69) is 4.74 Å². The van der Waals surface area contributed by atoms with E-state index in [-0.39, 0.29) is 28.5 Å². The molecule has 9 heteroatoms. The first-order valence-corrected chi connectivity index (χ1v) is 7.81. The van der Waals surface area contributed by atoms with Crippen LogP contribution in [-0.4, -0.2) is 35.5 Å². The molecule has 0 aromatic heterocycles. The maximum Gasteiger partial charge on any atom is 0.402 e. The van der Waals surface area contributed by atoms with Gasteiger partial charge in [-0.3, -0.25) is 4.79 Å². The summed E-state index contributed by atoms with van der Waals surface area (Å²) in [5, 5.41) is 9.21. The highest BCUT2D eigenvalue weighted by Crippen LogP contribution is 2.47. The maximum absolute atomic E-state index is 14.1. The minimum absolute atomic E-state index is 0.152. The monoisotopic (exact) mass is 392 g/mol. The van der Waals surface area contributed by atoms with E-state index in [9.17, 15) is 37.5 Å². The molecule has 2 aromatic carbocycles. The number of aldehydes is 1. The van der Waals surface area contributed by atoms with Crippen molar-refractivity contribution in [2.45, 2.75) is 18.5 Å². The molecule has 0 saturated heterocycles. The van der Waals surface area contributed by atoms with E-state index in [0.29, 0.717) is 0 Å². The van der Waals surface area contributed by atoms with Gasteiger partial charge in [-0.25, -0.2) is 14.4 Å². The number of carboxylic acid groups (broad SMARTS) is 1. The molecule has 6 nitrogen and oxygen atoms in total. The highest BCUT2D eigenvalue weighted by Gasteiger charge is 2.54. The molecule has 1 N–H and O–H groups in total. The Bertz CT molecular complexity index is 1030. The van der Waals surface area contributed by atoms with E-state index >= 15 is 0 Å². The second-order valence-corrected chi connectivity index (χ2v) is 6.29. The third-order valence-electron chi connectivity index (χ3n) is 4.78. The number of rotatable bonds is 4. The third-order valence-corrected chi connectivity index (χ3v) is 4.78. The Kier molecular flexibility index (Phi) is 4.33. The molecule has 0 saturated carbocycles. The lowest BCUT2D eigenvalue weighted by Crippen LogP contribution is -2.41. The normalized spacial score (nSPS) is 15.6. The summed E-state index contributed by atoms with van der Waals surface area (Å²) in [6.45, 7) is 0.818. The molecule has 1 unspecified atom stereocenters. The van der Waals surface area contributed by atoms with Crippen molar-refractivity contribution in [3.8, 4) is 0 Å². The Hall–Kier alpha value is -3.49. The second kappa shape index (κ2) is 6.29. The summed E-state index contributed by atoms with van der Waals surface area (Å²) in [4.78, 5) is 45.6. The number of benzene rings is 2. The molecule has 2 aromatic rings. The first-order valence-electron chi connectivity index (χ1n) is 7.81. The zero-order valence-corrected chi connectivity index (χ0v) is 14.2. The second-order valence-electron chi connectivity index (χ2n) is 6.29. The number of cyclic esters (lactones) is 2. The Morgan fingerprint density at radius 3 is 2.14 bits per heavy atom. The Balaban J connectivity index is 2.27. The van der Waals surface area contributed by atoms with Gasteiger partial charge in [0.05, 0.1) is 16.7 Å². The molecule has 0 radical (unpaired) electrons. The third kappa shape index (κ3) is 2.75. The Morgan fingerprint density at radius 1 is 1.00 bits per heavy atom. The highest BCUT2D eigenvalue weighted by atomic mass is 19.4. The summed E-state index contributed by atoms with van der Waals surface area (Å²) in [6.07, 6.45) is -4.67. The van der Waals surface area contributed by atoms with Crippen LogP contribution in [0.25, 0.3) is 0 Å². The van der Waals surface area contributed by atoms with Crippen molar-refractivity contribution in [3.63, 3.8) is 0 Å². The Morgan fingerprint density at radius 2 is 1.57 bits per heavy atom. The molecule has 1 aliphatic heterocycles. The fraction of sp³-hybridized carbons (Fsp3) is 0.158. The van der Waals surface area contributed by atoms with Crippen LogP contribution in [0.1, 0.15) is 59.5 Å². The van der Waals surface area contributed by atoms with Crippen molar-refractivity contribution >= 4 is 24.2 Å². The number of hydrogen-bond acceptors (Lipinski definition) is 5. The van der Waals surface area contributed by atoms with Gasteiger partial charge in [-0.2, -0.15) is 13.2 Å². The number of carboxylic acids is 1. The van der Waals surface area contributed by atoms with Crippen molar-refractivity contribution in [2.75, 3.05) is 0 Å². The SMILES string of the molecule is CC(c1ccc(C=O)c(C(=O)O)c1)(c1ccc2c(c1)C(=O)OC2=O)C(F)(F)F. The van der Waals surface area contributed by atoms with Crippen molar-refractivity contribution in [1.29, 1.82) is 0 Å². The topological polar surface area (TPSA) is 97.7 Å². The maximum atomic E-state index is 14.1. The van der Waals surface area contributed by atoms with Crippen LogP contribution < -0.4 is 0 Å². The van der Waals surface area contributed by atoms with Crippen molar-refractivity contribution in [2.24, 2.45) is 0 Å².